The Bertz CT molecular complexity index is 1490. The van der Waals surface area contributed by atoms with Crippen LogP contribution in [0, 0.1) is 0 Å². The number of sulfonamides is 1. The average molecular weight is 610 g/mol. The first kappa shape index (κ1) is 28.8. The molecule has 3 aromatic rings. The van der Waals surface area contributed by atoms with Crippen LogP contribution in [0.15, 0.2) is 71.3 Å². The second-order valence-electron chi connectivity index (χ2n) is 9.51. The molecule has 1 aliphatic carbocycles. The van der Waals surface area contributed by atoms with Crippen molar-refractivity contribution in [1.29, 1.82) is 0 Å². The Morgan fingerprint density at radius 3 is 2.83 bits per heavy atom. The number of ether oxygens (including phenoxy) is 3. The van der Waals surface area contributed by atoms with Crippen LogP contribution in [0.4, 0.5) is 0 Å². The maximum absolute atomic E-state index is 12.3. The van der Waals surface area contributed by atoms with E-state index < -0.39 is 15.8 Å². The Morgan fingerprint density at radius 1 is 1.25 bits per heavy atom. The highest BCUT2D eigenvalue weighted by molar-refractivity contribution is 7.89. The lowest BCUT2D eigenvalue weighted by Gasteiger charge is -2.30. The van der Waals surface area contributed by atoms with Crippen LogP contribution in [-0.4, -0.2) is 65.6 Å². The number of nitrogens with one attached hydrogen (secondary N) is 1. The maximum atomic E-state index is 12.3. The first-order valence-electron chi connectivity index (χ1n) is 12.8. The molecule has 3 heterocycles. The van der Waals surface area contributed by atoms with E-state index in [9.17, 15) is 8.42 Å². The van der Waals surface area contributed by atoms with Crippen LogP contribution in [0.25, 0.3) is 0 Å². The number of aliphatic imine (C=N–C) groups is 1. The molecule has 2 aromatic heterocycles. The van der Waals surface area contributed by atoms with E-state index in [2.05, 4.69) is 19.7 Å². The summed E-state index contributed by atoms with van der Waals surface area (Å²) in [6.07, 6.45) is 12.0. The number of allylic oxidation sites excluding steroid dienone is 2. The number of aryl methyl sites for hydroxylation is 1. The van der Waals surface area contributed by atoms with E-state index in [-0.39, 0.29) is 17.8 Å². The summed E-state index contributed by atoms with van der Waals surface area (Å²) in [7, 11) is -2.03. The number of imidazole rings is 2. The predicted molar refractivity (Wildman–Crippen MR) is 150 cm³/mol. The van der Waals surface area contributed by atoms with Crippen LogP contribution in [0.3, 0.4) is 0 Å². The number of nitrogens with zero attached hydrogens (tertiary/aromatic N) is 5. The molecule has 1 fully saturated rings. The highest BCUT2D eigenvalue weighted by Gasteiger charge is 2.45. The second-order valence-corrected chi connectivity index (χ2v) is 12.0. The zero-order valence-electron chi connectivity index (χ0n) is 21.9. The zero-order valence-corrected chi connectivity index (χ0v) is 24.2. The van der Waals surface area contributed by atoms with E-state index >= 15 is 0 Å². The van der Waals surface area contributed by atoms with Gasteiger partial charge in [0.05, 0.1) is 36.8 Å². The fraction of sp³-hybridized carbons (Fsp3) is 0.423. The van der Waals surface area contributed by atoms with Crippen molar-refractivity contribution in [2.45, 2.75) is 42.9 Å². The van der Waals surface area contributed by atoms with E-state index in [1.54, 1.807) is 37.9 Å². The van der Waals surface area contributed by atoms with Crippen molar-refractivity contribution < 1.29 is 22.6 Å². The molecule has 214 valence electrons. The molecule has 0 radical (unpaired) electrons. The molecular formula is C26H30Cl2N6O5S. The van der Waals surface area contributed by atoms with E-state index in [0.717, 1.165) is 17.9 Å². The van der Waals surface area contributed by atoms with Gasteiger partial charge in [0.25, 0.3) is 10.0 Å². The van der Waals surface area contributed by atoms with Gasteiger partial charge >= 0.3 is 0 Å². The summed E-state index contributed by atoms with van der Waals surface area (Å²) >= 11 is 12.7. The van der Waals surface area contributed by atoms with Crippen LogP contribution in [0.1, 0.15) is 24.8 Å². The van der Waals surface area contributed by atoms with Gasteiger partial charge in [0.1, 0.15) is 12.7 Å². The number of hydrogen-bond acceptors (Lipinski definition) is 8. The van der Waals surface area contributed by atoms with Gasteiger partial charge in [0.2, 0.25) is 10.9 Å². The highest BCUT2D eigenvalue weighted by Crippen LogP contribution is 2.40. The molecule has 2 aliphatic rings. The molecule has 11 nitrogen and oxygen atoms in total. The van der Waals surface area contributed by atoms with Crippen LogP contribution in [-0.2, 0) is 43.6 Å². The van der Waals surface area contributed by atoms with E-state index in [1.807, 2.05) is 22.9 Å². The molecule has 1 aromatic carbocycles. The molecule has 40 heavy (non-hydrogen) atoms. The molecule has 0 spiro atoms. The minimum atomic E-state index is -3.66. The Labute approximate surface area is 242 Å². The van der Waals surface area contributed by atoms with Crippen molar-refractivity contribution in [3.63, 3.8) is 0 Å². The number of aromatic nitrogens is 4. The third-order valence-electron chi connectivity index (χ3n) is 6.59. The molecule has 5 rings (SSSR count). The summed E-state index contributed by atoms with van der Waals surface area (Å²) in [6.45, 7) is 1.57. The van der Waals surface area contributed by atoms with Gasteiger partial charge in [-0.25, -0.2) is 23.1 Å². The van der Waals surface area contributed by atoms with E-state index in [1.165, 1.54) is 10.8 Å². The van der Waals surface area contributed by atoms with Crippen LogP contribution < -0.4 is 4.72 Å². The van der Waals surface area contributed by atoms with Crippen molar-refractivity contribution in [2.24, 2.45) is 12.0 Å². The lowest BCUT2D eigenvalue weighted by Crippen LogP contribution is -2.34. The molecule has 0 amide bonds. The minimum Gasteiger partial charge on any atom is -0.495 e. The SMILES string of the molecule is Cn1ccnc1S(=O)(=O)NCCN=C1CC=C(OCC2COC(Cn3ccnc3)(c3ccc(Cl)cc3Cl)O2)CC1. The van der Waals surface area contributed by atoms with E-state index in [0.29, 0.717) is 54.8 Å². The molecule has 2 atom stereocenters. The van der Waals surface area contributed by atoms with Gasteiger partial charge < -0.3 is 23.3 Å². The summed E-state index contributed by atoms with van der Waals surface area (Å²) in [6, 6.07) is 5.25. The van der Waals surface area contributed by atoms with Gasteiger partial charge in [-0.05, 0) is 24.6 Å². The van der Waals surface area contributed by atoms with Gasteiger partial charge in [-0.15, -0.1) is 0 Å². The van der Waals surface area contributed by atoms with Gasteiger partial charge in [-0.2, -0.15) is 0 Å². The predicted octanol–water partition coefficient (Wildman–Crippen LogP) is 3.70. The minimum absolute atomic E-state index is 0.0191. The maximum Gasteiger partial charge on any atom is 0.274 e. The molecular weight excluding hydrogens is 579 g/mol. The van der Waals surface area contributed by atoms with Crippen molar-refractivity contribution in [2.75, 3.05) is 26.3 Å². The monoisotopic (exact) mass is 608 g/mol. The first-order chi connectivity index (χ1) is 19.2. The van der Waals surface area contributed by atoms with Gasteiger partial charge in [0, 0.05) is 67.5 Å². The van der Waals surface area contributed by atoms with Gasteiger partial charge in [-0.1, -0.05) is 29.3 Å². The van der Waals surface area contributed by atoms with Crippen molar-refractivity contribution >= 4 is 38.9 Å². The van der Waals surface area contributed by atoms with Crippen molar-refractivity contribution in [3.05, 3.63) is 76.8 Å². The number of rotatable bonds is 11. The Balaban J connectivity index is 1.13. The lowest BCUT2D eigenvalue weighted by molar-refractivity contribution is -0.190. The normalized spacial score (nSPS) is 22.5. The number of halogens is 2. The third kappa shape index (κ3) is 6.76. The van der Waals surface area contributed by atoms with E-state index in [4.69, 9.17) is 37.4 Å². The standard InChI is InChI=1S/C26H30Cl2N6O5S/c1-33-12-11-31-25(33)40(35,36)32-9-8-30-20-3-5-21(6-4-20)37-15-22-16-38-26(39-22,17-34-13-10-29-18-34)23-7-2-19(27)14-24(23)28/h2,5,7,10-14,18,22,32H,3-4,6,8-9,15-17H2,1H3. The lowest BCUT2D eigenvalue weighted by atomic mass is 10.0. The topological polar surface area (TPSA) is 122 Å². The molecule has 1 aliphatic heterocycles. The molecule has 1 saturated heterocycles. The fourth-order valence-electron chi connectivity index (χ4n) is 4.62. The molecule has 1 N–H and O–H groups in total. The molecule has 14 heteroatoms. The third-order valence-corrected chi connectivity index (χ3v) is 8.59. The van der Waals surface area contributed by atoms with Gasteiger partial charge in [-0.3, -0.25) is 4.99 Å². The highest BCUT2D eigenvalue weighted by atomic mass is 35.5. The fourth-order valence-corrected chi connectivity index (χ4v) is 6.30. The first-order valence-corrected chi connectivity index (χ1v) is 15.0. The molecule has 0 bridgehead atoms. The smallest absolute Gasteiger partial charge is 0.274 e. The summed E-state index contributed by atoms with van der Waals surface area (Å²) in [4.78, 5) is 12.6. The van der Waals surface area contributed by atoms with Gasteiger partial charge in [0.15, 0.2) is 0 Å². The summed E-state index contributed by atoms with van der Waals surface area (Å²) in [5.41, 5.74) is 1.69. The Morgan fingerprint density at radius 2 is 2.12 bits per heavy atom. The Kier molecular flexibility index (Phi) is 8.93. The van der Waals surface area contributed by atoms with Crippen LogP contribution >= 0.6 is 23.2 Å². The summed E-state index contributed by atoms with van der Waals surface area (Å²) in [5.74, 6) is -0.232. The molecule has 0 saturated carbocycles. The average Bonchev–Trinajstić information content (AvgIpc) is 3.69. The van der Waals surface area contributed by atoms with Crippen molar-refractivity contribution in [1.82, 2.24) is 23.8 Å². The summed E-state index contributed by atoms with van der Waals surface area (Å²) in [5, 5.41) is 0.970. The largest absolute Gasteiger partial charge is 0.495 e. The number of hydrogen-bond donors (Lipinski definition) is 1. The summed E-state index contributed by atoms with van der Waals surface area (Å²) < 4.78 is 49.2. The second kappa shape index (κ2) is 12.4. The van der Waals surface area contributed by atoms with Crippen LogP contribution in [0.5, 0.6) is 0 Å². The molecule has 2 unspecified atom stereocenters. The quantitative estimate of drug-likeness (QED) is 0.329. The number of benzene rings is 1. The van der Waals surface area contributed by atoms with Crippen LogP contribution in [0.2, 0.25) is 10.0 Å². The zero-order chi connectivity index (χ0) is 28.2. The Hall–Kier alpha value is -2.74. The van der Waals surface area contributed by atoms with Crippen molar-refractivity contribution in [3.8, 4) is 0 Å².